The molecule has 3 rings (SSSR count). The molecule has 2 aromatic heterocycles. The van der Waals surface area contributed by atoms with Gasteiger partial charge in [0.2, 0.25) is 5.82 Å². The van der Waals surface area contributed by atoms with Crippen molar-refractivity contribution in [1.82, 2.24) is 30.0 Å². The van der Waals surface area contributed by atoms with Crippen LogP contribution in [-0.2, 0) is 13.5 Å². The largest absolute Gasteiger partial charge is 0.355 e. The molecule has 3 heterocycles. The number of aromatic nitrogens is 4. The molecular formula is C20H31N7O. The van der Waals surface area contributed by atoms with Gasteiger partial charge >= 0.3 is 0 Å². The fourth-order valence-electron chi connectivity index (χ4n) is 3.70. The van der Waals surface area contributed by atoms with Crippen molar-refractivity contribution in [1.29, 1.82) is 0 Å². The molecule has 1 saturated heterocycles. The summed E-state index contributed by atoms with van der Waals surface area (Å²) in [5.41, 5.74) is 3.14. The number of rotatable bonds is 6. The van der Waals surface area contributed by atoms with E-state index in [-0.39, 0.29) is 11.7 Å². The van der Waals surface area contributed by atoms with Crippen LogP contribution in [0.3, 0.4) is 0 Å². The Balaban J connectivity index is 1.67. The van der Waals surface area contributed by atoms with E-state index in [2.05, 4.69) is 38.4 Å². The third-order valence-electron chi connectivity index (χ3n) is 5.27. The number of nitrogens with zero attached hydrogens (tertiary/aromatic N) is 6. The molecule has 152 valence electrons. The number of hydrogen-bond acceptors (Lipinski definition) is 6. The number of hydrogen-bond donors (Lipinski definition) is 1. The summed E-state index contributed by atoms with van der Waals surface area (Å²) in [4.78, 5) is 25.1. The van der Waals surface area contributed by atoms with Gasteiger partial charge in [0.05, 0.1) is 6.20 Å². The first-order chi connectivity index (χ1) is 13.2. The zero-order valence-electron chi connectivity index (χ0n) is 17.7. The van der Waals surface area contributed by atoms with Gasteiger partial charge < -0.3 is 15.1 Å². The number of carbonyl (C=O) groups is 1. The highest BCUT2D eigenvalue weighted by Gasteiger charge is 2.27. The van der Waals surface area contributed by atoms with Crippen LogP contribution in [0.4, 0.5) is 5.82 Å². The minimum absolute atomic E-state index is 0.164. The molecule has 28 heavy (non-hydrogen) atoms. The summed E-state index contributed by atoms with van der Waals surface area (Å²) in [6.45, 7) is 7.98. The van der Waals surface area contributed by atoms with Gasteiger partial charge in [-0.2, -0.15) is 5.10 Å². The molecule has 1 aliphatic rings. The monoisotopic (exact) mass is 385 g/mol. The first kappa shape index (κ1) is 20.3. The van der Waals surface area contributed by atoms with E-state index in [0.29, 0.717) is 12.1 Å². The summed E-state index contributed by atoms with van der Waals surface area (Å²) < 4.78 is 1.84. The van der Waals surface area contributed by atoms with E-state index in [9.17, 15) is 4.79 Å². The average molecular weight is 386 g/mol. The molecule has 2 aromatic rings. The highest BCUT2D eigenvalue weighted by Crippen LogP contribution is 2.24. The summed E-state index contributed by atoms with van der Waals surface area (Å²) in [7, 11) is 5.39. The molecule has 1 fully saturated rings. The van der Waals surface area contributed by atoms with E-state index in [1.165, 1.54) is 10.5 Å². The van der Waals surface area contributed by atoms with Gasteiger partial charge in [0.15, 0.2) is 0 Å². The predicted molar refractivity (Wildman–Crippen MR) is 110 cm³/mol. The van der Waals surface area contributed by atoms with Crippen molar-refractivity contribution in [3.63, 3.8) is 0 Å². The van der Waals surface area contributed by atoms with Crippen LogP contribution in [0.5, 0.6) is 0 Å². The second-order valence-electron chi connectivity index (χ2n) is 8.01. The molecular weight excluding hydrogens is 354 g/mol. The van der Waals surface area contributed by atoms with Crippen LogP contribution < -0.4 is 10.2 Å². The van der Waals surface area contributed by atoms with Gasteiger partial charge in [0.25, 0.3) is 5.91 Å². The maximum absolute atomic E-state index is 12.3. The van der Waals surface area contributed by atoms with Gasteiger partial charge in [0.1, 0.15) is 5.82 Å². The van der Waals surface area contributed by atoms with Crippen molar-refractivity contribution >= 4 is 11.7 Å². The lowest BCUT2D eigenvalue weighted by Crippen LogP contribution is -2.40. The highest BCUT2D eigenvalue weighted by molar-refractivity contribution is 5.90. The quantitative estimate of drug-likeness (QED) is 0.808. The Bertz CT molecular complexity index is 845. The first-order valence-electron chi connectivity index (χ1n) is 9.80. The smallest absolute Gasteiger partial charge is 0.291 e. The number of aryl methyl sites for hydroxylation is 2. The van der Waals surface area contributed by atoms with E-state index in [1.54, 1.807) is 14.1 Å². The van der Waals surface area contributed by atoms with Gasteiger partial charge in [-0.25, -0.2) is 9.97 Å². The second-order valence-corrected chi connectivity index (χ2v) is 8.01. The van der Waals surface area contributed by atoms with Gasteiger partial charge in [-0.3, -0.25) is 9.48 Å². The maximum atomic E-state index is 12.3. The minimum atomic E-state index is -0.164. The van der Waals surface area contributed by atoms with Crippen LogP contribution in [0.1, 0.15) is 40.8 Å². The molecule has 0 bridgehead atoms. The Kier molecular flexibility index (Phi) is 5.98. The summed E-state index contributed by atoms with van der Waals surface area (Å²) in [6, 6.07) is 0.766. The Morgan fingerprint density at radius 1 is 1.36 bits per heavy atom. The van der Waals surface area contributed by atoms with E-state index in [1.807, 2.05) is 31.8 Å². The maximum Gasteiger partial charge on any atom is 0.291 e. The standard InChI is InChI=1S/C20H31N7O/c1-13(9-16-10-21-26(6)11-16)22-17-7-8-27(12-17)19-14(2)15(3)23-18(24-19)20(28)25(4)5/h10-11,13,17,22H,7-9,12H2,1-6H3/t13?,17-/m1/s1. The zero-order chi connectivity index (χ0) is 20.4. The van der Waals surface area contributed by atoms with Gasteiger partial charge in [0, 0.05) is 63.8 Å². The Labute approximate surface area is 167 Å². The number of anilines is 1. The van der Waals surface area contributed by atoms with Crippen LogP contribution in [-0.4, -0.2) is 69.8 Å². The molecule has 0 spiro atoms. The van der Waals surface area contributed by atoms with Gasteiger partial charge in [-0.15, -0.1) is 0 Å². The van der Waals surface area contributed by atoms with Gasteiger partial charge in [-0.05, 0) is 39.2 Å². The Morgan fingerprint density at radius 2 is 2.11 bits per heavy atom. The normalized spacial score (nSPS) is 17.8. The molecule has 0 aliphatic carbocycles. The summed E-state index contributed by atoms with van der Waals surface area (Å²) in [5.74, 6) is 0.981. The first-order valence-corrected chi connectivity index (χ1v) is 9.80. The number of nitrogens with one attached hydrogen (secondary N) is 1. The van der Waals surface area contributed by atoms with Crippen molar-refractivity contribution in [2.75, 3.05) is 32.1 Å². The van der Waals surface area contributed by atoms with Crippen molar-refractivity contribution in [2.45, 2.75) is 45.7 Å². The van der Waals surface area contributed by atoms with Crippen molar-refractivity contribution in [3.05, 3.63) is 35.0 Å². The van der Waals surface area contributed by atoms with Crippen molar-refractivity contribution < 1.29 is 4.79 Å². The molecule has 1 amide bonds. The van der Waals surface area contributed by atoms with Crippen molar-refractivity contribution in [2.24, 2.45) is 7.05 Å². The highest BCUT2D eigenvalue weighted by atomic mass is 16.2. The molecule has 1 aliphatic heterocycles. The van der Waals surface area contributed by atoms with Crippen LogP contribution in [0.25, 0.3) is 0 Å². The molecule has 1 N–H and O–H groups in total. The minimum Gasteiger partial charge on any atom is -0.355 e. The lowest BCUT2D eigenvalue weighted by atomic mass is 10.1. The summed E-state index contributed by atoms with van der Waals surface area (Å²) in [6.07, 6.45) is 6.00. The third-order valence-corrected chi connectivity index (χ3v) is 5.27. The van der Waals surface area contributed by atoms with E-state index >= 15 is 0 Å². The second kappa shape index (κ2) is 8.26. The number of amides is 1. The van der Waals surface area contributed by atoms with E-state index < -0.39 is 0 Å². The van der Waals surface area contributed by atoms with Crippen LogP contribution in [0.2, 0.25) is 0 Å². The summed E-state index contributed by atoms with van der Waals surface area (Å²) in [5, 5.41) is 7.97. The zero-order valence-corrected chi connectivity index (χ0v) is 17.7. The van der Waals surface area contributed by atoms with Crippen LogP contribution in [0.15, 0.2) is 12.4 Å². The van der Waals surface area contributed by atoms with Crippen LogP contribution in [0, 0.1) is 13.8 Å². The van der Waals surface area contributed by atoms with Crippen molar-refractivity contribution in [3.8, 4) is 0 Å². The Morgan fingerprint density at radius 3 is 2.75 bits per heavy atom. The topological polar surface area (TPSA) is 79.2 Å². The molecule has 8 heteroatoms. The molecule has 0 aromatic carbocycles. The molecule has 1 unspecified atom stereocenters. The fraction of sp³-hybridized carbons (Fsp3) is 0.600. The van der Waals surface area contributed by atoms with Gasteiger partial charge in [-0.1, -0.05) is 0 Å². The lowest BCUT2D eigenvalue weighted by molar-refractivity contribution is 0.0815. The third kappa shape index (κ3) is 4.49. The number of carbonyl (C=O) groups excluding carboxylic acids is 1. The Hall–Kier alpha value is -2.48. The fourth-order valence-corrected chi connectivity index (χ4v) is 3.70. The molecule has 8 nitrogen and oxygen atoms in total. The summed E-state index contributed by atoms with van der Waals surface area (Å²) >= 11 is 0. The van der Waals surface area contributed by atoms with E-state index in [4.69, 9.17) is 0 Å². The van der Waals surface area contributed by atoms with Crippen LogP contribution >= 0.6 is 0 Å². The molecule has 0 saturated carbocycles. The molecule has 2 atom stereocenters. The SMILES string of the molecule is Cc1nc(C(=O)N(C)C)nc(N2CC[C@@H](NC(C)Cc3cnn(C)c3)C2)c1C. The lowest BCUT2D eigenvalue weighted by Gasteiger charge is -2.23. The average Bonchev–Trinajstić information content (AvgIpc) is 3.25. The molecule has 0 radical (unpaired) electrons. The van der Waals surface area contributed by atoms with E-state index in [0.717, 1.165) is 43.0 Å². The predicted octanol–water partition coefficient (Wildman–Crippen LogP) is 1.33.